The van der Waals surface area contributed by atoms with Crippen molar-refractivity contribution < 1.29 is 9.53 Å². The molecule has 3 nitrogen and oxygen atoms in total. The van der Waals surface area contributed by atoms with E-state index in [0.717, 1.165) is 15.9 Å². The molecule has 0 bridgehead atoms. The third kappa shape index (κ3) is 4.13. The summed E-state index contributed by atoms with van der Waals surface area (Å²) in [6.07, 6.45) is -0.247. The van der Waals surface area contributed by atoms with Gasteiger partial charge in [-0.15, -0.1) is 0 Å². The van der Waals surface area contributed by atoms with Gasteiger partial charge in [0.25, 0.3) is 0 Å². The molecule has 0 N–H and O–H groups in total. The third-order valence-corrected chi connectivity index (χ3v) is 4.77. The first-order chi connectivity index (χ1) is 9.81. The van der Waals surface area contributed by atoms with Crippen LogP contribution in [-0.2, 0) is 4.74 Å². The van der Waals surface area contributed by atoms with E-state index in [0.29, 0.717) is 19.0 Å². The van der Waals surface area contributed by atoms with Crippen molar-refractivity contribution in [3.05, 3.63) is 34.9 Å². The lowest BCUT2D eigenvalue weighted by Crippen LogP contribution is -2.35. The molecule has 5 heteroatoms. The van der Waals surface area contributed by atoms with Gasteiger partial charge in [0, 0.05) is 29.4 Å². The van der Waals surface area contributed by atoms with Crippen molar-refractivity contribution in [2.75, 3.05) is 18.4 Å². The van der Waals surface area contributed by atoms with Gasteiger partial charge in [-0.3, -0.25) is 0 Å². The molecule has 0 aliphatic carbocycles. The molecule has 1 amide bonds. The maximum Gasteiger partial charge on any atom is 0.410 e. The Morgan fingerprint density at radius 1 is 1.38 bits per heavy atom. The smallest absolute Gasteiger partial charge is 0.410 e. The van der Waals surface area contributed by atoms with Gasteiger partial charge in [-0.1, -0.05) is 45.7 Å². The summed E-state index contributed by atoms with van der Waals surface area (Å²) in [7, 11) is 0. The third-order valence-electron chi connectivity index (χ3n) is 3.60. The normalized spacial score (nSPS) is 22.4. The second kappa shape index (κ2) is 6.57. The fourth-order valence-electron chi connectivity index (χ4n) is 2.63. The fourth-order valence-corrected chi connectivity index (χ4v) is 3.56. The number of hydrogen-bond acceptors (Lipinski definition) is 2. The molecule has 1 aliphatic rings. The first-order valence-electron chi connectivity index (χ1n) is 7.10. The highest BCUT2D eigenvalue weighted by Gasteiger charge is 2.38. The fraction of sp³-hybridized carbons (Fsp3) is 0.562. The van der Waals surface area contributed by atoms with Crippen molar-refractivity contribution in [2.45, 2.75) is 32.3 Å². The van der Waals surface area contributed by atoms with Crippen LogP contribution in [-0.4, -0.2) is 35.0 Å². The van der Waals surface area contributed by atoms with E-state index in [1.54, 1.807) is 4.90 Å². The topological polar surface area (TPSA) is 29.5 Å². The molecule has 0 unspecified atom stereocenters. The molecule has 2 rings (SSSR count). The second-order valence-corrected chi connectivity index (χ2v) is 7.48. The lowest BCUT2D eigenvalue weighted by atomic mass is 9.90. The Morgan fingerprint density at radius 2 is 2.05 bits per heavy atom. The van der Waals surface area contributed by atoms with Crippen molar-refractivity contribution in [1.29, 1.82) is 0 Å². The van der Waals surface area contributed by atoms with Crippen LogP contribution in [0.15, 0.2) is 24.3 Å². The molecule has 1 heterocycles. The summed E-state index contributed by atoms with van der Waals surface area (Å²) in [4.78, 5) is 14.0. The zero-order chi connectivity index (χ0) is 15.6. The summed E-state index contributed by atoms with van der Waals surface area (Å²) in [5, 5.41) is 1.60. The molecule has 1 aromatic rings. The number of nitrogens with zero attached hydrogens (tertiary/aromatic N) is 1. The van der Waals surface area contributed by atoms with Crippen LogP contribution in [0.2, 0.25) is 5.02 Å². The predicted octanol–water partition coefficient (Wildman–Crippen LogP) is 4.69. The summed E-state index contributed by atoms with van der Waals surface area (Å²) in [5.41, 5.74) is 0.637. The van der Waals surface area contributed by atoms with E-state index in [1.807, 2.05) is 45.0 Å². The highest BCUT2D eigenvalue weighted by molar-refractivity contribution is 9.09. The Balaban J connectivity index is 2.15. The molecule has 21 heavy (non-hydrogen) atoms. The van der Waals surface area contributed by atoms with Gasteiger partial charge in [-0.25, -0.2) is 4.79 Å². The average Bonchev–Trinajstić information content (AvgIpc) is 2.81. The Morgan fingerprint density at radius 3 is 2.62 bits per heavy atom. The van der Waals surface area contributed by atoms with E-state index in [4.69, 9.17) is 16.3 Å². The van der Waals surface area contributed by atoms with Crippen LogP contribution in [0.4, 0.5) is 4.79 Å². The van der Waals surface area contributed by atoms with Gasteiger partial charge in [0.15, 0.2) is 0 Å². The standard InChI is InChI=1S/C16H21BrClNO2/c1-16(2,3)21-15(20)19-9-11(8-17)13(10-19)12-6-4-5-7-14(12)18/h4-7,11,13H,8-10H2,1-3H3/t11-,13-/m1/s1. The Kier molecular flexibility index (Phi) is 5.20. The van der Waals surface area contributed by atoms with Crippen LogP contribution in [0.25, 0.3) is 0 Å². The van der Waals surface area contributed by atoms with Crippen molar-refractivity contribution in [1.82, 2.24) is 4.90 Å². The van der Waals surface area contributed by atoms with Gasteiger partial charge >= 0.3 is 6.09 Å². The van der Waals surface area contributed by atoms with Crippen molar-refractivity contribution >= 4 is 33.6 Å². The Hall–Kier alpha value is -0.740. The van der Waals surface area contributed by atoms with E-state index < -0.39 is 5.60 Å². The highest BCUT2D eigenvalue weighted by atomic mass is 79.9. The summed E-state index contributed by atoms with van der Waals surface area (Å²) in [6.45, 7) is 6.99. The minimum atomic E-state index is -0.469. The number of alkyl halides is 1. The lowest BCUT2D eigenvalue weighted by molar-refractivity contribution is 0.0288. The van der Waals surface area contributed by atoms with Crippen LogP contribution in [0.3, 0.4) is 0 Å². The number of halogens is 2. The van der Waals surface area contributed by atoms with Crippen molar-refractivity contribution in [3.8, 4) is 0 Å². The van der Waals surface area contributed by atoms with Gasteiger partial charge in [-0.2, -0.15) is 0 Å². The summed E-state index contributed by atoms with van der Waals surface area (Å²) in [6, 6.07) is 7.86. The SMILES string of the molecule is CC(C)(C)OC(=O)N1C[C@@H](CBr)[C@H](c2ccccc2Cl)C1. The molecule has 1 fully saturated rings. The maximum absolute atomic E-state index is 12.2. The largest absolute Gasteiger partial charge is 0.444 e. The summed E-state index contributed by atoms with van der Waals surface area (Å²) in [5.74, 6) is 0.586. The molecular formula is C16H21BrClNO2. The van der Waals surface area contributed by atoms with Gasteiger partial charge < -0.3 is 9.64 Å². The van der Waals surface area contributed by atoms with E-state index in [9.17, 15) is 4.79 Å². The first-order valence-corrected chi connectivity index (χ1v) is 8.60. The summed E-state index contributed by atoms with van der Waals surface area (Å²) >= 11 is 9.86. The number of amides is 1. The van der Waals surface area contributed by atoms with Crippen LogP contribution in [0, 0.1) is 5.92 Å². The number of likely N-dealkylation sites (tertiary alicyclic amines) is 1. The number of hydrogen-bond donors (Lipinski definition) is 0. The maximum atomic E-state index is 12.2. The lowest BCUT2D eigenvalue weighted by Gasteiger charge is -2.24. The van der Waals surface area contributed by atoms with Gasteiger partial charge in [0.05, 0.1) is 0 Å². The van der Waals surface area contributed by atoms with Gasteiger partial charge in [0.2, 0.25) is 0 Å². The molecule has 2 atom stereocenters. The number of benzene rings is 1. The van der Waals surface area contributed by atoms with E-state index in [1.165, 1.54) is 0 Å². The first kappa shape index (κ1) is 16.6. The van der Waals surface area contributed by atoms with Crippen LogP contribution in [0.5, 0.6) is 0 Å². The number of carbonyl (C=O) groups excluding carboxylic acids is 1. The van der Waals surface area contributed by atoms with Crippen molar-refractivity contribution in [3.63, 3.8) is 0 Å². The molecular weight excluding hydrogens is 354 g/mol. The molecule has 116 valence electrons. The monoisotopic (exact) mass is 373 g/mol. The van der Waals surface area contributed by atoms with E-state index >= 15 is 0 Å². The number of ether oxygens (including phenoxy) is 1. The highest BCUT2D eigenvalue weighted by Crippen LogP contribution is 2.37. The zero-order valence-electron chi connectivity index (χ0n) is 12.6. The molecule has 0 radical (unpaired) electrons. The zero-order valence-corrected chi connectivity index (χ0v) is 14.9. The van der Waals surface area contributed by atoms with E-state index in [2.05, 4.69) is 15.9 Å². The summed E-state index contributed by atoms with van der Waals surface area (Å²) < 4.78 is 5.47. The molecule has 0 aromatic heterocycles. The molecule has 1 saturated heterocycles. The average molecular weight is 375 g/mol. The Bertz CT molecular complexity index is 515. The minimum absolute atomic E-state index is 0.241. The molecule has 1 aliphatic heterocycles. The van der Waals surface area contributed by atoms with Crippen molar-refractivity contribution in [2.24, 2.45) is 5.92 Å². The Labute approximate surface area is 139 Å². The quantitative estimate of drug-likeness (QED) is 0.703. The van der Waals surface area contributed by atoms with Crippen LogP contribution < -0.4 is 0 Å². The van der Waals surface area contributed by atoms with Gasteiger partial charge in [0.1, 0.15) is 5.60 Å². The van der Waals surface area contributed by atoms with Gasteiger partial charge in [-0.05, 0) is 38.3 Å². The molecule has 0 spiro atoms. The molecule has 1 aromatic carbocycles. The number of rotatable bonds is 2. The second-order valence-electron chi connectivity index (χ2n) is 6.43. The molecule has 0 saturated carbocycles. The minimum Gasteiger partial charge on any atom is -0.444 e. The van der Waals surface area contributed by atoms with E-state index in [-0.39, 0.29) is 12.0 Å². The van der Waals surface area contributed by atoms with Crippen LogP contribution in [0.1, 0.15) is 32.3 Å². The van der Waals surface area contributed by atoms with Crippen LogP contribution >= 0.6 is 27.5 Å². The number of carbonyl (C=O) groups is 1. The predicted molar refractivity (Wildman–Crippen MR) is 89.3 cm³/mol.